The van der Waals surface area contributed by atoms with Crippen molar-refractivity contribution in [2.45, 2.75) is 13.0 Å². The van der Waals surface area contributed by atoms with Gasteiger partial charge < -0.3 is 9.99 Å². The smallest absolute Gasteiger partial charge is 0.0945 e. The van der Waals surface area contributed by atoms with E-state index in [4.69, 9.17) is 0 Å². The van der Waals surface area contributed by atoms with Crippen LogP contribution in [0.2, 0.25) is 0 Å². The monoisotopic (exact) mass is 190 g/mol. The summed E-state index contributed by atoms with van der Waals surface area (Å²) in [5.41, 5.74) is 3.27. The maximum atomic E-state index is 3.99. The number of aromatic nitrogens is 3. The lowest BCUT2D eigenvalue weighted by molar-refractivity contribution is 0.640. The lowest BCUT2D eigenvalue weighted by Gasteiger charge is -2.07. The molecule has 0 aliphatic carbocycles. The van der Waals surface area contributed by atoms with Crippen LogP contribution in [0.15, 0.2) is 43.2 Å². The van der Waals surface area contributed by atoms with Gasteiger partial charge in [-0.25, -0.2) is 4.98 Å². The van der Waals surface area contributed by atoms with Crippen molar-refractivity contribution in [3.8, 4) is 0 Å². The molecule has 0 aliphatic heterocycles. The predicted molar refractivity (Wildman–Crippen MR) is 55.5 cm³/mol. The number of aryl methyl sites for hydroxylation is 1. The molecule has 74 valence electrons. The highest BCUT2D eigenvalue weighted by molar-refractivity contribution is 4.92. The first-order valence-corrected chi connectivity index (χ1v) is 4.78. The minimum atomic E-state index is 0.965. The lowest BCUT2D eigenvalue weighted by Crippen LogP contribution is -2.15. The molecule has 0 amide bonds. The Bertz CT molecular complexity index is 300. The van der Waals surface area contributed by atoms with Crippen LogP contribution in [0, 0.1) is 0 Å². The fourth-order valence-electron chi connectivity index (χ4n) is 1.33. The largest absolute Gasteiger partial charge is 0.337 e. The van der Waals surface area contributed by atoms with Crippen LogP contribution in [0.3, 0.4) is 0 Å². The average molecular weight is 190 g/mol. The lowest BCUT2D eigenvalue weighted by atomic mass is 10.4. The average Bonchev–Trinajstić information content (AvgIpc) is 2.86. The van der Waals surface area contributed by atoms with Gasteiger partial charge in [0.2, 0.25) is 0 Å². The summed E-state index contributed by atoms with van der Waals surface area (Å²) in [7, 11) is 0. The minimum absolute atomic E-state index is 0.965. The summed E-state index contributed by atoms with van der Waals surface area (Å²) < 4.78 is 4.05. The zero-order valence-electron chi connectivity index (χ0n) is 8.00. The molecule has 2 rings (SSSR count). The normalized spacial score (nSPS) is 10.3. The SMILES string of the molecule is c1ccn(NCCCn2ccnc2)c1. The zero-order chi connectivity index (χ0) is 9.64. The van der Waals surface area contributed by atoms with Crippen molar-refractivity contribution < 1.29 is 0 Å². The van der Waals surface area contributed by atoms with Gasteiger partial charge in [-0.2, -0.15) is 0 Å². The fraction of sp³-hybridized carbons (Fsp3) is 0.300. The van der Waals surface area contributed by atoms with Gasteiger partial charge in [0.15, 0.2) is 0 Å². The molecule has 14 heavy (non-hydrogen) atoms. The highest BCUT2D eigenvalue weighted by atomic mass is 15.4. The van der Waals surface area contributed by atoms with Gasteiger partial charge in [0.05, 0.1) is 6.33 Å². The van der Waals surface area contributed by atoms with Crippen LogP contribution >= 0.6 is 0 Å². The molecule has 0 unspecified atom stereocenters. The molecule has 0 atom stereocenters. The highest BCUT2D eigenvalue weighted by Gasteiger charge is 1.90. The van der Waals surface area contributed by atoms with Crippen molar-refractivity contribution in [3.05, 3.63) is 43.2 Å². The third-order valence-corrected chi connectivity index (χ3v) is 2.05. The number of nitrogens with one attached hydrogen (secondary N) is 1. The molecular weight excluding hydrogens is 176 g/mol. The number of rotatable bonds is 5. The molecule has 0 saturated carbocycles. The number of hydrogen-bond donors (Lipinski definition) is 1. The molecule has 0 bridgehead atoms. The quantitative estimate of drug-likeness (QED) is 0.721. The van der Waals surface area contributed by atoms with E-state index in [-0.39, 0.29) is 0 Å². The second kappa shape index (κ2) is 4.50. The number of hydrogen-bond acceptors (Lipinski definition) is 2. The van der Waals surface area contributed by atoms with Crippen LogP contribution in [0.1, 0.15) is 6.42 Å². The Balaban J connectivity index is 1.65. The third kappa shape index (κ3) is 2.39. The van der Waals surface area contributed by atoms with E-state index in [1.807, 2.05) is 41.7 Å². The van der Waals surface area contributed by atoms with E-state index in [0.29, 0.717) is 0 Å². The van der Waals surface area contributed by atoms with Crippen LogP contribution in [-0.4, -0.2) is 20.8 Å². The van der Waals surface area contributed by atoms with E-state index < -0.39 is 0 Å². The molecule has 2 aromatic rings. The van der Waals surface area contributed by atoms with E-state index in [1.54, 1.807) is 6.20 Å². The molecule has 2 aromatic heterocycles. The van der Waals surface area contributed by atoms with Crippen LogP contribution < -0.4 is 5.43 Å². The van der Waals surface area contributed by atoms with E-state index in [0.717, 1.165) is 19.5 Å². The van der Waals surface area contributed by atoms with Crippen molar-refractivity contribution in [2.75, 3.05) is 12.0 Å². The molecule has 0 saturated heterocycles. The van der Waals surface area contributed by atoms with Gasteiger partial charge in [-0.05, 0) is 18.6 Å². The molecular formula is C10H14N4. The van der Waals surface area contributed by atoms with Gasteiger partial charge in [-0.15, -0.1) is 0 Å². The maximum Gasteiger partial charge on any atom is 0.0945 e. The van der Waals surface area contributed by atoms with E-state index >= 15 is 0 Å². The van der Waals surface area contributed by atoms with Crippen LogP contribution in [0.25, 0.3) is 0 Å². The van der Waals surface area contributed by atoms with Crippen molar-refractivity contribution in [1.82, 2.24) is 14.2 Å². The molecule has 0 radical (unpaired) electrons. The summed E-state index contributed by atoms with van der Waals surface area (Å²) in [5.74, 6) is 0. The summed E-state index contributed by atoms with van der Waals surface area (Å²) in [6.45, 7) is 1.97. The zero-order valence-corrected chi connectivity index (χ0v) is 8.00. The van der Waals surface area contributed by atoms with Gasteiger partial charge in [0.1, 0.15) is 0 Å². The summed E-state index contributed by atoms with van der Waals surface area (Å²) in [5, 5.41) is 0. The standard InChI is InChI=1S/C10H14N4/c1-2-8-14(7-1)12-4-3-6-13-9-5-11-10-13/h1-2,5,7-10,12H,3-4,6H2. The summed E-state index contributed by atoms with van der Waals surface area (Å²) in [4.78, 5) is 3.99. The van der Waals surface area contributed by atoms with Gasteiger partial charge >= 0.3 is 0 Å². The fourth-order valence-corrected chi connectivity index (χ4v) is 1.33. The van der Waals surface area contributed by atoms with Gasteiger partial charge in [0.25, 0.3) is 0 Å². The van der Waals surface area contributed by atoms with Crippen LogP contribution in [-0.2, 0) is 6.54 Å². The summed E-state index contributed by atoms with van der Waals surface area (Å²) >= 11 is 0. The summed E-state index contributed by atoms with van der Waals surface area (Å²) in [6, 6.07) is 4.01. The molecule has 4 nitrogen and oxygen atoms in total. The molecule has 0 aliphatic rings. The van der Waals surface area contributed by atoms with Gasteiger partial charge in [-0.3, -0.25) is 4.68 Å². The van der Waals surface area contributed by atoms with Gasteiger partial charge in [-0.1, -0.05) is 0 Å². The summed E-state index contributed by atoms with van der Waals surface area (Å²) in [6.07, 6.45) is 10.7. The second-order valence-electron chi connectivity index (χ2n) is 3.15. The van der Waals surface area contributed by atoms with Crippen LogP contribution in [0.4, 0.5) is 0 Å². The van der Waals surface area contributed by atoms with Crippen molar-refractivity contribution in [2.24, 2.45) is 0 Å². The van der Waals surface area contributed by atoms with Gasteiger partial charge in [0, 0.05) is 37.9 Å². The highest BCUT2D eigenvalue weighted by Crippen LogP contribution is 1.90. The van der Waals surface area contributed by atoms with Crippen LogP contribution in [0.5, 0.6) is 0 Å². The van der Waals surface area contributed by atoms with E-state index in [1.165, 1.54) is 0 Å². The Morgan fingerprint density at radius 1 is 1.14 bits per heavy atom. The first kappa shape index (κ1) is 8.87. The Morgan fingerprint density at radius 3 is 2.71 bits per heavy atom. The van der Waals surface area contributed by atoms with E-state index in [2.05, 4.69) is 15.0 Å². The topological polar surface area (TPSA) is 34.8 Å². The van der Waals surface area contributed by atoms with Crippen molar-refractivity contribution >= 4 is 0 Å². The molecule has 0 fully saturated rings. The first-order chi connectivity index (χ1) is 6.95. The van der Waals surface area contributed by atoms with E-state index in [9.17, 15) is 0 Å². The Hall–Kier alpha value is -1.71. The molecule has 2 heterocycles. The predicted octanol–water partition coefficient (Wildman–Crippen LogP) is 1.32. The maximum absolute atomic E-state index is 3.99. The number of nitrogens with zero attached hydrogens (tertiary/aromatic N) is 3. The second-order valence-corrected chi connectivity index (χ2v) is 3.15. The Morgan fingerprint density at radius 2 is 2.00 bits per heavy atom. The first-order valence-electron chi connectivity index (χ1n) is 4.78. The Kier molecular flexibility index (Phi) is 2.85. The van der Waals surface area contributed by atoms with Crippen molar-refractivity contribution in [1.29, 1.82) is 0 Å². The number of imidazole rings is 1. The molecule has 4 heteroatoms. The molecule has 1 N–H and O–H groups in total. The Labute approximate surface area is 83.2 Å². The molecule has 0 aromatic carbocycles. The molecule has 0 spiro atoms. The minimum Gasteiger partial charge on any atom is -0.337 e. The third-order valence-electron chi connectivity index (χ3n) is 2.05. The van der Waals surface area contributed by atoms with Crippen molar-refractivity contribution in [3.63, 3.8) is 0 Å².